The predicted molar refractivity (Wildman–Crippen MR) is 96.0 cm³/mol. The molecule has 0 aliphatic rings. The van der Waals surface area contributed by atoms with Gasteiger partial charge in [-0.3, -0.25) is 0 Å². The van der Waals surface area contributed by atoms with Crippen molar-refractivity contribution in [1.82, 2.24) is 0 Å². The number of benzene rings is 2. The Bertz CT molecular complexity index is 702. The van der Waals surface area contributed by atoms with E-state index in [9.17, 15) is 18.3 Å². The summed E-state index contributed by atoms with van der Waals surface area (Å²) in [6.07, 6.45) is -5.11. The van der Waals surface area contributed by atoms with Crippen LogP contribution in [0.25, 0.3) is 0 Å². The molecule has 0 aliphatic carbocycles. The maximum Gasteiger partial charge on any atom is 0.416 e. The maximum atomic E-state index is 12.5. The first-order chi connectivity index (χ1) is 12.3. The Kier molecular flexibility index (Phi) is 7.23. The molecule has 0 saturated carbocycles. The van der Waals surface area contributed by atoms with Crippen LogP contribution in [-0.4, -0.2) is 30.2 Å². The van der Waals surface area contributed by atoms with Crippen molar-refractivity contribution in [2.45, 2.75) is 31.0 Å². The van der Waals surface area contributed by atoms with Gasteiger partial charge in [-0.15, -0.1) is 11.8 Å². The van der Waals surface area contributed by atoms with Gasteiger partial charge in [-0.25, -0.2) is 0 Å². The molecule has 0 radical (unpaired) electrons. The average Bonchev–Trinajstić information content (AvgIpc) is 2.60. The second kappa shape index (κ2) is 9.19. The molecule has 1 N–H and O–H groups in total. The fourth-order valence-electron chi connectivity index (χ4n) is 2.20. The van der Waals surface area contributed by atoms with Crippen molar-refractivity contribution in [2.24, 2.45) is 0 Å². The molecule has 0 fully saturated rings. The Morgan fingerprint density at radius 1 is 1.08 bits per heavy atom. The van der Waals surface area contributed by atoms with Crippen LogP contribution in [0.5, 0.6) is 11.5 Å². The van der Waals surface area contributed by atoms with Gasteiger partial charge in [-0.1, -0.05) is 0 Å². The van der Waals surface area contributed by atoms with Crippen LogP contribution in [0.3, 0.4) is 0 Å². The number of hydrogen-bond acceptors (Lipinski definition) is 4. The normalized spacial score (nSPS) is 12.7. The molecule has 2 aromatic rings. The first-order valence-electron chi connectivity index (χ1n) is 8.14. The van der Waals surface area contributed by atoms with E-state index in [2.05, 4.69) is 0 Å². The molecule has 1 atom stereocenters. The second-order valence-corrected chi connectivity index (χ2v) is 6.75. The van der Waals surface area contributed by atoms with Crippen molar-refractivity contribution in [3.05, 3.63) is 53.6 Å². The number of halogens is 3. The molecule has 0 spiro atoms. The predicted octanol–water partition coefficient (Wildman–Crippen LogP) is 4.94. The molecule has 26 heavy (non-hydrogen) atoms. The van der Waals surface area contributed by atoms with E-state index < -0.39 is 17.8 Å². The molecule has 0 amide bonds. The monoisotopic (exact) mass is 386 g/mol. The minimum atomic E-state index is -4.37. The quantitative estimate of drug-likeness (QED) is 0.652. The minimum Gasteiger partial charge on any atom is -0.494 e. The summed E-state index contributed by atoms with van der Waals surface area (Å²) in [5.41, 5.74) is 0.291. The van der Waals surface area contributed by atoms with Crippen LogP contribution in [0, 0.1) is 6.92 Å². The van der Waals surface area contributed by atoms with E-state index in [4.69, 9.17) is 9.47 Å². The molecule has 142 valence electrons. The lowest BCUT2D eigenvalue weighted by Crippen LogP contribution is -2.20. The maximum absolute atomic E-state index is 12.5. The third kappa shape index (κ3) is 6.14. The Labute approximate surface area is 155 Å². The summed E-state index contributed by atoms with van der Waals surface area (Å²) in [4.78, 5) is 1.000. The first kappa shape index (κ1) is 20.5. The summed E-state index contributed by atoms with van der Waals surface area (Å²) in [7, 11) is 0. The van der Waals surface area contributed by atoms with Crippen LogP contribution in [0.15, 0.2) is 47.4 Å². The molecule has 2 aromatic carbocycles. The van der Waals surface area contributed by atoms with E-state index in [0.29, 0.717) is 18.1 Å². The Hall–Kier alpha value is -1.86. The third-order valence-electron chi connectivity index (χ3n) is 3.51. The molecule has 0 aliphatic heterocycles. The Morgan fingerprint density at radius 3 is 2.35 bits per heavy atom. The highest BCUT2D eigenvalue weighted by Gasteiger charge is 2.30. The number of rotatable bonds is 8. The summed E-state index contributed by atoms with van der Waals surface area (Å²) < 4.78 is 48.3. The lowest BCUT2D eigenvalue weighted by Gasteiger charge is -2.14. The lowest BCUT2D eigenvalue weighted by atomic mass is 10.2. The summed E-state index contributed by atoms with van der Waals surface area (Å²) in [6.45, 7) is 4.50. The van der Waals surface area contributed by atoms with Crippen LogP contribution in [0.2, 0.25) is 0 Å². The Balaban J connectivity index is 1.80. The van der Waals surface area contributed by atoms with Gasteiger partial charge in [0.05, 0.1) is 18.3 Å². The number of hydrogen-bond donors (Lipinski definition) is 1. The van der Waals surface area contributed by atoms with Gasteiger partial charge in [0, 0.05) is 10.6 Å². The topological polar surface area (TPSA) is 38.7 Å². The lowest BCUT2D eigenvalue weighted by molar-refractivity contribution is -0.137. The van der Waals surface area contributed by atoms with Crippen LogP contribution in [0.1, 0.15) is 18.1 Å². The summed E-state index contributed by atoms with van der Waals surface area (Å²) >= 11 is 1.48. The van der Waals surface area contributed by atoms with Gasteiger partial charge in [0.2, 0.25) is 0 Å². The summed E-state index contributed by atoms with van der Waals surface area (Å²) in [5.74, 6) is 1.54. The van der Waals surface area contributed by atoms with Crippen molar-refractivity contribution >= 4 is 11.8 Å². The van der Waals surface area contributed by atoms with Crippen molar-refractivity contribution in [2.75, 3.05) is 19.0 Å². The van der Waals surface area contributed by atoms with Crippen molar-refractivity contribution in [3.63, 3.8) is 0 Å². The fraction of sp³-hybridized carbons (Fsp3) is 0.368. The van der Waals surface area contributed by atoms with E-state index in [1.807, 2.05) is 32.0 Å². The highest BCUT2D eigenvalue weighted by molar-refractivity contribution is 7.99. The second-order valence-electron chi connectivity index (χ2n) is 5.66. The van der Waals surface area contributed by atoms with E-state index in [1.165, 1.54) is 23.9 Å². The van der Waals surface area contributed by atoms with Gasteiger partial charge in [0.15, 0.2) is 0 Å². The fourth-order valence-corrected chi connectivity index (χ4v) is 3.11. The van der Waals surface area contributed by atoms with E-state index in [-0.39, 0.29) is 6.61 Å². The molecule has 7 heteroatoms. The number of aryl methyl sites for hydroxylation is 1. The minimum absolute atomic E-state index is 0.00831. The zero-order valence-electron chi connectivity index (χ0n) is 14.5. The summed E-state index contributed by atoms with van der Waals surface area (Å²) in [6, 6.07) is 10.2. The highest BCUT2D eigenvalue weighted by atomic mass is 32.2. The van der Waals surface area contributed by atoms with Crippen LogP contribution >= 0.6 is 11.8 Å². The standard InChI is InChI=1S/C19H21F3O3S/c1-3-24-18-9-8-17(10-13(18)2)26-12-15(23)11-25-16-6-4-14(5-7-16)19(20,21)22/h4-10,15,23H,3,11-12H2,1-2H3/t15-/m1/s1. The smallest absolute Gasteiger partial charge is 0.416 e. The number of aliphatic hydroxyl groups excluding tert-OH is 1. The molecular weight excluding hydrogens is 365 g/mol. The molecule has 2 rings (SSSR count). The van der Waals surface area contributed by atoms with E-state index in [0.717, 1.165) is 28.3 Å². The van der Waals surface area contributed by atoms with Crippen LogP contribution < -0.4 is 9.47 Å². The van der Waals surface area contributed by atoms with Crippen molar-refractivity contribution < 1.29 is 27.8 Å². The van der Waals surface area contributed by atoms with Gasteiger partial charge in [-0.05, 0) is 61.9 Å². The zero-order chi connectivity index (χ0) is 19.2. The third-order valence-corrected chi connectivity index (χ3v) is 4.65. The number of aliphatic hydroxyl groups is 1. The van der Waals surface area contributed by atoms with Gasteiger partial charge in [-0.2, -0.15) is 13.2 Å². The van der Waals surface area contributed by atoms with Gasteiger partial charge in [0.25, 0.3) is 0 Å². The van der Waals surface area contributed by atoms with Gasteiger partial charge >= 0.3 is 6.18 Å². The van der Waals surface area contributed by atoms with Crippen LogP contribution in [0.4, 0.5) is 13.2 Å². The van der Waals surface area contributed by atoms with Crippen molar-refractivity contribution in [3.8, 4) is 11.5 Å². The number of ether oxygens (including phenoxy) is 2. The average molecular weight is 386 g/mol. The molecule has 0 unspecified atom stereocenters. The van der Waals surface area contributed by atoms with E-state index in [1.54, 1.807) is 0 Å². The molecular formula is C19H21F3O3S. The number of alkyl halides is 3. The zero-order valence-corrected chi connectivity index (χ0v) is 15.4. The van der Waals surface area contributed by atoms with Crippen molar-refractivity contribution in [1.29, 1.82) is 0 Å². The Morgan fingerprint density at radius 2 is 1.77 bits per heavy atom. The van der Waals surface area contributed by atoms with Crippen LogP contribution in [-0.2, 0) is 6.18 Å². The molecule has 0 saturated heterocycles. The first-order valence-corrected chi connectivity index (χ1v) is 9.12. The molecule has 3 nitrogen and oxygen atoms in total. The largest absolute Gasteiger partial charge is 0.494 e. The SMILES string of the molecule is CCOc1ccc(SC[C@H](O)COc2ccc(C(F)(F)F)cc2)cc1C. The van der Waals surface area contributed by atoms with Gasteiger partial charge < -0.3 is 14.6 Å². The molecule has 0 heterocycles. The highest BCUT2D eigenvalue weighted by Crippen LogP contribution is 2.30. The summed E-state index contributed by atoms with van der Waals surface area (Å²) in [5, 5.41) is 10.0. The van der Waals surface area contributed by atoms with E-state index >= 15 is 0 Å². The van der Waals surface area contributed by atoms with Gasteiger partial charge in [0.1, 0.15) is 18.1 Å². The molecule has 0 aromatic heterocycles. The molecule has 0 bridgehead atoms. The number of thioether (sulfide) groups is 1.